The van der Waals surface area contributed by atoms with Crippen LogP contribution in [0.2, 0.25) is 0 Å². The molecule has 0 rings (SSSR count). The maximum Gasteiger partial charge on any atom is 0 e. The molecule has 0 unspecified atom stereocenters. The van der Waals surface area contributed by atoms with Crippen LogP contribution in [0.3, 0.4) is 0 Å². The van der Waals surface area contributed by atoms with Crippen LogP contribution in [0.25, 0.3) is 0 Å². The molecule has 0 heterocycles. The van der Waals surface area contributed by atoms with Crippen LogP contribution in [-0.2, 0) is 21.7 Å². The zero-order valence-corrected chi connectivity index (χ0v) is 6.48. The molecule has 0 fully saturated rings. The molecule has 0 aromatic rings. The molecule has 0 aliphatic carbocycles. The maximum absolute atomic E-state index is 3.66. The van der Waals surface area contributed by atoms with E-state index in [-0.39, 0.29) is 21.7 Å². The average molecular weight is 130 g/mol. The van der Waals surface area contributed by atoms with Crippen LogP contribution >= 0.6 is 0 Å². The van der Waals surface area contributed by atoms with Gasteiger partial charge in [-0.15, -0.1) is 0 Å². The number of hydrogen-bond donors (Lipinski definition) is 0. The first-order valence-corrected chi connectivity index (χ1v) is 1.96. The summed E-state index contributed by atoms with van der Waals surface area (Å²) < 4.78 is 0. The fraction of sp³-hybridized carbons (Fsp3) is 0.333. The first-order valence-electron chi connectivity index (χ1n) is 1.96. The summed E-state index contributed by atoms with van der Waals surface area (Å²) in [6, 6.07) is 0. The van der Waals surface area contributed by atoms with E-state index in [1.807, 2.05) is 13.8 Å². The van der Waals surface area contributed by atoms with Gasteiger partial charge in [-0.1, -0.05) is 24.3 Å². The Kier molecular flexibility index (Phi) is 6.37. The van der Waals surface area contributed by atoms with E-state index in [1.54, 1.807) is 0 Å². The molecule has 0 nitrogen and oxygen atoms in total. The molecule has 0 aliphatic rings. The SMILES string of the molecule is C=C(C)C(=C)C.[Ti]. The molecule has 0 aromatic carbocycles. The topological polar surface area (TPSA) is 0 Å². The van der Waals surface area contributed by atoms with Gasteiger partial charge in [-0.3, -0.25) is 0 Å². The van der Waals surface area contributed by atoms with Crippen molar-refractivity contribution in [1.29, 1.82) is 0 Å². The molecule has 0 spiro atoms. The van der Waals surface area contributed by atoms with Gasteiger partial charge in [0.15, 0.2) is 0 Å². The predicted octanol–water partition coefficient (Wildman–Crippen LogP) is 2.14. The molecule has 0 aromatic heterocycles. The van der Waals surface area contributed by atoms with Crippen LogP contribution in [-0.4, -0.2) is 0 Å². The third-order valence-corrected chi connectivity index (χ3v) is 0.729. The predicted molar refractivity (Wildman–Crippen MR) is 29.6 cm³/mol. The van der Waals surface area contributed by atoms with Gasteiger partial charge in [0.2, 0.25) is 0 Å². The van der Waals surface area contributed by atoms with Gasteiger partial charge in [-0.25, -0.2) is 0 Å². The zero-order valence-electron chi connectivity index (χ0n) is 4.91. The van der Waals surface area contributed by atoms with Crippen molar-refractivity contribution in [1.82, 2.24) is 0 Å². The van der Waals surface area contributed by atoms with Crippen LogP contribution in [0.4, 0.5) is 0 Å². The van der Waals surface area contributed by atoms with E-state index in [2.05, 4.69) is 13.2 Å². The molecule has 0 N–H and O–H groups in total. The summed E-state index contributed by atoms with van der Waals surface area (Å²) in [5.74, 6) is 0. The Hall–Kier alpha value is 0.194. The Morgan fingerprint density at radius 1 is 1.00 bits per heavy atom. The molecule has 0 saturated carbocycles. The van der Waals surface area contributed by atoms with Crippen molar-refractivity contribution in [2.45, 2.75) is 13.8 Å². The van der Waals surface area contributed by atoms with Crippen LogP contribution in [0.5, 0.6) is 0 Å². The van der Waals surface area contributed by atoms with E-state index >= 15 is 0 Å². The van der Waals surface area contributed by atoms with Crippen molar-refractivity contribution in [2.24, 2.45) is 0 Å². The summed E-state index contributed by atoms with van der Waals surface area (Å²) in [5, 5.41) is 0. The number of hydrogen-bond acceptors (Lipinski definition) is 0. The molecule has 38 valence electrons. The van der Waals surface area contributed by atoms with Gasteiger partial charge in [0.25, 0.3) is 0 Å². The third-order valence-electron chi connectivity index (χ3n) is 0.729. The van der Waals surface area contributed by atoms with Crippen LogP contribution in [0.1, 0.15) is 13.8 Å². The largest absolute Gasteiger partial charge is 0.0959 e. The Balaban J connectivity index is 0. The molecular weight excluding hydrogens is 120 g/mol. The van der Waals surface area contributed by atoms with Gasteiger partial charge in [-0.2, -0.15) is 0 Å². The van der Waals surface area contributed by atoms with Crippen molar-refractivity contribution in [3.8, 4) is 0 Å². The smallest absolute Gasteiger partial charge is 0 e. The summed E-state index contributed by atoms with van der Waals surface area (Å²) in [4.78, 5) is 0. The zero-order chi connectivity index (χ0) is 5.15. The summed E-state index contributed by atoms with van der Waals surface area (Å²) in [6.45, 7) is 11.2. The normalized spacial score (nSPS) is 6.57. The van der Waals surface area contributed by atoms with Crippen molar-refractivity contribution in [2.75, 3.05) is 0 Å². The van der Waals surface area contributed by atoms with Gasteiger partial charge >= 0.3 is 0 Å². The molecule has 0 saturated heterocycles. The van der Waals surface area contributed by atoms with Crippen LogP contribution < -0.4 is 0 Å². The van der Waals surface area contributed by atoms with E-state index in [0.29, 0.717) is 0 Å². The van der Waals surface area contributed by atoms with E-state index in [9.17, 15) is 0 Å². The van der Waals surface area contributed by atoms with Gasteiger partial charge in [-0.05, 0) is 13.8 Å². The van der Waals surface area contributed by atoms with Crippen molar-refractivity contribution in [3.63, 3.8) is 0 Å². The molecule has 7 heavy (non-hydrogen) atoms. The first-order chi connectivity index (χ1) is 2.64. The van der Waals surface area contributed by atoms with Crippen molar-refractivity contribution in [3.05, 3.63) is 24.3 Å². The second-order valence-corrected chi connectivity index (χ2v) is 1.56. The minimum atomic E-state index is 0. The third kappa shape index (κ3) is 6.19. The Bertz CT molecular complexity index is 70.2. The average Bonchev–Trinajstić information content (AvgIpc) is 1.36. The number of allylic oxidation sites excluding steroid dienone is 2. The summed E-state index contributed by atoms with van der Waals surface area (Å²) >= 11 is 0. The van der Waals surface area contributed by atoms with Crippen LogP contribution in [0.15, 0.2) is 24.3 Å². The Morgan fingerprint density at radius 3 is 1.14 bits per heavy atom. The molecule has 0 bridgehead atoms. The molecular formula is C6H10Ti. The van der Waals surface area contributed by atoms with E-state index in [4.69, 9.17) is 0 Å². The molecule has 0 amide bonds. The fourth-order valence-electron chi connectivity index (χ4n) is 0. The van der Waals surface area contributed by atoms with Gasteiger partial charge in [0, 0.05) is 21.7 Å². The second-order valence-electron chi connectivity index (χ2n) is 1.56. The van der Waals surface area contributed by atoms with E-state index in [1.165, 1.54) is 0 Å². The Labute approximate surface area is 60.2 Å². The summed E-state index contributed by atoms with van der Waals surface area (Å²) in [6.07, 6.45) is 0. The van der Waals surface area contributed by atoms with Crippen molar-refractivity contribution < 1.29 is 21.7 Å². The molecule has 0 atom stereocenters. The Morgan fingerprint density at radius 2 is 1.14 bits per heavy atom. The molecule has 0 radical (unpaired) electrons. The molecule has 1 heteroatoms. The quantitative estimate of drug-likeness (QED) is 0.376. The minimum absolute atomic E-state index is 0. The maximum atomic E-state index is 3.66. The summed E-state index contributed by atoms with van der Waals surface area (Å²) in [5.41, 5.74) is 2.13. The molecule has 0 aliphatic heterocycles. The standard InChI is InChI=1S/C6H10.Ti/c1-5(2)6(3)4;/h1,3H2,2,4H3;. The van der Waals surface area contributed by atoms with Gasteiger partial charge < -0.3 is 0 Å². The van der Waals surface area contributed by atoms with Gasteiger partial charge in [0.1, 0.15) is 0 Å². The van der Waals surface area contributed by atoms with Crippen molar-refractivity contribution >= 4 is 0 Å². The van der Waals surface area contributed by atoms with E-state index in [0.717, 1.165) is 11.1 Å². The number of rotatable bonds is 1. The minimum Gasteiger partial charge on any atom is -0.0959 e. The fourth-order valence-corrected chi connectivity index (χ4v) is 0. The van der Waals surface area contributed by atoms with Crippen LogP contribution in [0, 0.1) is 0 Å². The van der Waals surface area contributed by atoms with Gasteiger partial charge in [0.05, 0.1) is 0 Å². The first kappa shape index (κ1) is 10.2. The van der Waals surface area contributed by atoms with E-state index < -0.39 is 0 Å². The summed E-state index contributed by atoms with van der Waals surface area (Å²) in [7, 11) is 0. The second kappa shape index (κ2) is 4.36. The monoisotopic (exact) mass is 130 g/mol.